The van der Waals surface area contributed by atoms with E-state index in [1.807, 2.05) is 24.1 Å². The molecule has 1 fully saturated rings. The van der Waals surface area contributed by atoms with Crippen molar-refractivity contribution in [2.24, 2.45) is 7.05 Å². The third-order valence-corrected chi connectivity index (χ3v) is 5.87. The van der Waals surface area contributed by atoms with E-state index in [4.69, 9.17) is 0 Å². The van der Waals surface area contributed by atoms with Gasteiger partial charge < -0.3 is 0 Å². The van der Waals surface area contributed by atoms with Crippen LogP contribution in [-0.4, -0.2) is 9.78 Å². The molecular weight excluding hydrogens is 340 g/mol. The maximum absolute atomic E-state index is 4.18. The monoisotopic (exact) mass is 374 g/mol. The van der Waals surface area contributed by atoms with E-state index in [0.717, 1.165) is 0 Å². The maximum atomic E-state index is 4.18. The number of aryl methyl sites for hydroxylation is 1. The minimum absolute atomic E-state index is 0.523. The Hall–Kier alpha value is -2.35. The molecule has 148 valence electrons. The first-order valence-electron chi connectivity index (χ1n) is 10.5. The van der Waals surface area contributed by atoms with Crippen LogP contribution in [0.1, 0.15) is 76.0 Å². The Morgan fingerprint density at radius 2 is 1.50 bits per heavy atom. The summed E-state index contributed by atoms with van der Waals surface area (Å²) in [7, 11) is 1.94. The van der Waals surface area contributed by atoms with E-state index in [1.165, 1.54) is 40.7 Å². The number of aromatic nitrogens is 2. The maximum Gasteiger partial charge on any atom is 0.0568 e. The molecule has 1 saturated carbocycles. The smallest absolute Gasteiger partial charge is 0.0568 e. The van der Waals surface area contributed by atoms with E-state index < -0.39 is 0 Å². The Labute approximate surface area is 170 Å². The number of hydrogen-bond donors (Lipinski definition) is 0. The molecule has 3 aromatic rings. The van der Waals surface area contributed by atoms with E-state index in [1.54, 1.807) is 0 Å². The summed E-state index contributed by atoms with van der Waals surface area (Å²) in [5.41, 5.74) is 7.30. The van der Waals surface area contributed by atoms with Crippen molar-refractivity contribution in [3.05, 3.63) is 77.6 Å². The first kappa shape index (κ1) is 20.4. The average molecular weight is 375 g/mol. The fourth-order valence-corrected chi connectivity index (χ4v) is 3.39. The van der Waals surface area contributed by atoms with E-state index in [0.29, 0.717) is 17.3 Å². The van der Waals surface area contributed by atoms with Gasteiger partial charge in [0.15, 0.2) is 0 Å². The van der Waals surface area contributed by atoms with Gasteiger partial charge in [0.25, 0.3) is 0 Å². The molecule has 2 aromatic carbocycles. The molecule has 1 aliphatic rings. The van der Waals surface area contributed by atoms with Crippen LogP contribution in [0.2, 0.25) is 0 Å². The van der Waals surface area contributed by atoms with Gasteiger partial charge in [-0.3, -0.25) is 4.68 Å². The third-order valence-electron chi connectivity index (χ3n) is 5.87. The highest BCUT2D eigenvalue weighted by atomic mass is 15.2. The van der Waals surface area contributed by atoms with Gasteiger partial charge in [0.2, 0.25) is 0 Å². The van der Waals surface area contributed by atoms with Crippen LogP contribution >= 0.6 is 0 Å². The summed E-state index contributed by atoms with van der Waals surface area (Å²) in [5, 5.41) is 4.18. The summed E-state index contributed by atoms with van der Waals surface area (Å²) in [6.45, 7) is 11.3. The van der Waals surface area contributed by atoms with Gasteiger partial charge in [0.1, 0.15) is 0 Å². The molecule has 0 saturated heterocycles. The van der Waals surface area contributed by atoms with Crippen LogP contribution in [0.25, 0.3) is 11.1 Å². The molecule has 0 unspecified atom stereocenters. The Balaban J connectivity index is 0.000000162. The second-order valence-electron chi connectivity index (χ2n) is 9.02. The Morgan fingerprint density at radius 3 is 2.00 bits per heavy atom. The Morgan fingerprint density at radius 1 is 0.857 bits per heavy atom. The first-order valence-corrected chi connectivity index (χ1v) is 10.5. The summed E-state index contributed by atoms with van der Waals surface area (Å²) in [6.07, 6.45) is 6.68. The fraction of sp³-hybridized carbons (Fsp3) is 0.423. The molecule has 1 aliphatic carbocycles. The van der Waals surface area contributed by atoms with Gasteiger partial charge in [0, 0.05) is 18.8 Å². The molecule has 2 nitrogen and oxygen atoms in total. The predicted molar refractivity (Wildman–Crippen MR) is 120 cm³/mol. The number of benzene rings is 2. The van der Waals surface area contributed by atoms with Gasteiger partial charge in [-0.05, 0) is 52.3 Å². The molecule has 0 spiro atoms. The Bertz CT molecular complexity index is 896. The zero-order valence-corrected chi connectivity index (χ0v) is 18.2. The van der Waals surface area contributed by atoms with Gasteiger partial charge in [-0.1, -0.05) is 83.1 Å². The molecule has 0 radical (unpaired) electrons. The summed E-state index contributed by atoms with van der Waals surface area (Å²) in [6, 6.07) is 17.8. The van der Waals surface area contributed by atoms with Crippen molar-refractivity contribution in [2.45, 2.75) is 64.7 Å². The van der Waals surface area contributed by atoms with Crippen molar-refractivity contribution in [2.75, 3.05) is 0 Å². The van der Waals surface area contributed by atoms with Crippen molar-refractivity contribution < 1.29 is 0 Å². The summed E-state index contributed by atoms with van der Waals surface area (Å²) < 4.78 is 1.83. The lowest BCUT2D eigenvalue weighted by Crippen LogP contribution is -1.99. The summed E-state index contributed by atoms with van der Waals surface area (Å²) in [4.78, 5) is 0. The molecule has 0 aliphatic heterocycles. The molecule has 0 N–H and O–H groups in total. The predicted octanol–water partition coefficient (Wildman–Crippen LogP) is 7.07. The third kappa shape index (κ3) is 4.92. The standard InChI is InChI=1S/C13H16N2.C13H18/c1-10(2)11-5-4-6-12(7-11)13-8-14-15(3)9-13;1-10(2)11-4-6-12(7-5-11)13(3)8-9-13/h4-10H,1-3H3;4-7,10H,8-9H2,1-3H3. The number of nitrogens with zero attached hydrogens (tertiary/aromatic N) is 2. The molecule has 1 aromatic heterocycles. The Kier molecular flexibility index (Phi) is 6.07. The van der Waals surface area contributed by atoms with Crippen molar-refractivity contribution in [1.29, 1.82) is 0 Å². The van der Waals surface area contributed by atoms with Crippen molar-refractivity contribution >= 4 is 0 Å². The molecular formula is C26H34N2. The average Bonchev–Trinajstić information content (AvgIpc) is 3.29. The van der Waals surface area contributed by atoms with E-state index >= 15 is 0 Å². The molecule has 1 heterocycles. The van der Waals surface area contributed by atoms with E-state index in [9.17, 15) is 0 Å². The highest BCUT2D eigenvalue weighted by molar-refractivity contribution is 5.62. The lowest BCUT2D eigenvalue weighted by Gasteiger charge is -2.11. The highest BCUT2D eigenvalue weighted by Gasteiger charge is 2.38. The van der Waals surface area contributed by atoms with Crippen LogP contribution in [0, 0.1) is 0 Å². The normalized spacial score (nSPS) is 14.7. The topological polar surface area (TPSA) is 17.8 Å². The van der Waals surface area contributed by atoms with Gasteiger partial charge in [-0.2, -0.15) is 5.10 Å². The first-order chi connectivity index (χ1) is 13.3. The quantitative estimate of drug-likeness (QED) is 0.477. The fourth-order valence-electron chi connectivity index (χ4n) is 3.39. The second-order valence-corrected chi connectivity index (χ2v) is 9.02. The zero-order valence-electron chi connectivity index (χ0n) is 18.2. The molecule has 28 heavy (non-hydrogen) atoms. The van der Waals surface area contributed by atoms with Crippen molar-refractivity contribution in [3.63, 3.8) is 0 Å². The highest BCUT2D eigenvalue weighted by Crippen LogP contribution is 2.47. The molecule has 0 atom stereocenters. The van der Waals surface area contributed by atoms with Gasteiger partial charge >= 0.3 is 0 Å². The largest absolute Gasteiger partial charge is 0.275 e. The summed E-state index contributed by atoms with van der Waals surface area (Å²) >= 11 is 0. The van der Waals surface area contributed by atoms with Gasteiger partial charge in [-0.15, -0.1) is 0 Å². The minimum atomic E-state index is 0.523. The molecule has 0 amide bonds. The summed E-state index contributed by atoms with van der Waals surface area (Å²) in [5.74, 6) is 1.22. The molecule has 0 bridgehead atoms. The molecule has 2 heteroatoms. The zero-order chi connectivity index (χ0) is 20.3. The van der Waals surface area contributed by atoms with E-state index in [-0.39, 0.29) is 0 Å². The number of hydrogen-bond acceptors (Lipinski definition) is 1. The lowest BCUT2D eigenvalue weighted by atomic mass is 9.94. The van der Waals surface area contributed by atoms with Crippen LogP contribution < -0.4 is 0 Å². The van der Waals surface area contributed by atoms with Crippen LogP contribution in [-0.2, 0) is 12.5 Å². The van der Waals surface area contributed by atoms with Crippen LogP contribution in [0.5, 0.6) is 0 Å². The minimum Gasteiger partial charge on any atom is -0.275 e. The van der Waals surface area contributed by atoms with Crippen molar-refractivity contribution in [3.8, 4) is 11.1 Å². The van der Waals surface area contributed by atoms with Gasteiger partial charge in [-0.25, -0.2) is 0 Å². The lowest BCUT2D eigenvalue weighted by molar-refractivity contribution is 0.768. The molecule has 4 rings (SSSR count). The number of rotatable bonds is 4. The second kappa shape index (κ2) is 8.34. The van der Waals surface area contributed by atoms with Crippen LogP contribution in [0.15, 0.2) is 60.9 Å². The van der Waals surface area contributed by atoms with Crippen LogP contribution in [0.4, 0.5) is 0 Å². The SMILES string of the molecule is CC(C)c1ccc(C2(C)CC2)cc1.CC(C)c1cccc(-c2cnn(C)c2)c1. The van der Waals surface area contributed by atoms with Gasteiger partial charge in [0.05, 0.1) is 6.20 Å². The van der Waals surface area contributed by atoms with Crippen molar-refractivity contribution in [1.82, 2.24) is 9.78 Å². The van der Waals surface area contributed by atoms with Crippen LogP contribution in [0.3, 0.4) is 0 Å². The van der Waals surface area contributed by atoms with E-state index in [2.05, 4.69) is 88.2 Å².